The van der Waals surface area contributed by atoms with E-state index in [1.165, 1.54) is 42.8 Å². The fourth-order valence-electron chi connectivity index (χ4n) is 9.57. The van der Waals surface area contributed by atoms with Crippen LogP contribution in [-0.2, 0) is 5.41 Å². The van der Waals surface area contributed by atoms with Crippen molar-refractivity contribution in [2.75, 3.05) is 4.90 Å². The van der Waals surface area contributed by atoms with Crippen LogP contribution in [0.15, 0.2) is 208 Å². The molecular weight excluding hydrogens is 734 g/mol. The van der Waals surface area contributed by atoms with Crippen molar-refractivity contribution >= 4 is 73.1 Å². The molecule has 0 amide bonds. The average molecular weight is 766 g/mol. The van der Waals surface area contributed by atoms with E-state index in [0.29, 0.717) is 0 Å². The van der Waals surface area contributed by atoms with Gasteiger partial charge in [0.25, 0.3) is 0 Å². The van der Waals surface area contributed by atoms with Gasteiger partial charge in [0.05, 0.1) is 5.41 Å². The summed E-state index contributed by atoms with van der Waals surface area (Å²) in [6, 6.07) is 70.2. The van der Waals surface area contributed by atoms with Gasteiger partial charge in [-0.2, -0.15) is 0 Å². The molecule has 1 aromatic heterocycles. The van der Waals surface area contributed by atoms with Gasteiger partial charge in [0.15, 0.2) is 0 Å². The van der Waals surface area contributed by atoms with E-state index >= 15 is 0 Å². The topological polar surface area (TPSA) is 16.4 Å². The van der Waals surface area contributed by atoms with Crippen molar-refractivity contribution in [3.63, 3.8) is 0 Å². The molecule has 0 unspecified atom stereocenters. The summed E-state index contributed by atoms with van der Waals surface area (Å²) in [5.41, 5.74) is 13.8. The van der Waals surface area contributed by atoms with Gasteiger partial charge >= 0.3 is 0 Å². The number of fused-ring (bicyclic) bond motifs is 13. The van der Waals surface area contributed by atoms with Crippen LogP contribution in [0.1, 0.15) is 22.3 Å². The van der Waals surface area contributed by atoms with Crippen molar-refractivity contribution in [2.45, 2.75) is 15.2 Å². The molecule has 0 fully saturated rings. The van der Waals surface area contributed by atoms with Crippen LogP contribution >= 0.6 is 23.4 Å². The highest BCUT2D eigenvalue weighted by Gasteiger charge is 2.51. The first-order chi connectivity index (χ1) is 28.2. The van der Waals surface area contributed by atoms with Gasteiger partial charge < -0.3 is 9.32 Å². The quantitative estimate of drug-likeness (QED) is 0.178. The molecule has 4 heteroatoms. The number of furan rings is 1. The van der Waals surface area contributed by atoms with Gasteiger partial charge in [-0.3, -0.25) is 0 Å². The highest BCUT2D eigenvalue weighted by molar-refractivity contribution is 7.99. The summed E-state index contributed by atoms with van der Waals surface area (Å²) in [6.07, 6.45) is 0. The van der Waals surface area contributed by atoms with Crippen LogP contribution in [0.3, 0.4) is 0 Å². The predicted molar refractivity (Wildman–Crippen MR) is 238 cm³/mol. The Morgan fingerprint density at radius 1 is 0.456 bits per heavy atom. The second kappa shape index (κ2) is 12.5. The van der Waals surface area contributed by atoms with E-state index in [9.17, 15) is 0 Å². The number of rotatable bonds is 4. The third-order valence-corrected chi connectivity index (χ3v) is 13.4. The summed E-state index contributed by atoms with van der Waals surface area (Å²) >= 11 is 9.08. The van der Waals surface area contributed by atoms with E-state index in [4.69, 9.17) is 16.0 Å². The van der Waals surface area contributed by atoms with Crippen LogP contribution in [0.4, 0.5) is 17.1 Å². The SMILES string of the molecule is Clc1cccc2c1-c1ccc(N(c3ccccc3)c3cc(-c4ccc5ccccc5c4)c4oc5ccccc5c4c3)cc1C21c2ccccc2Sc2ccccc21. The maximum absolute atomic E-state index is 7.23. The van der Waals surface area contributed by atoms with Crippen LogP contribution in [0.25, 0.3) is 55.0 Å². The number of halogens is 1. The highest BCUT2D eigenvalue weighted by atomic mass is 35.5. The van der Waals surface area contributed by atoms with Crippen LogP contribution in [-0.4, -0.2) is 0 Å². The van der Waals surface area contributed by atoms with Crippen molar-refractivity contribution in [3.05, 3.63) is 221 Å². The number of para-hydroxylation sites is 2. The first kappa shape index (κ1) is 32.7. The molecule has 12 rings (SSSR count). The minimum Gasteiger partial charge on any atom is -0.455 e. The molecule has 1 spiro atoms. The first-order valence-corrected chi connectivity index (χ1v) is 20.5. The number of hydrogen-bond acceptors (Lipinski definition) is 3. The van der Waals surface area contributed by atoms with Gasteiger partial charge in [-0.1, -0.05) is 151 Å². The summed E-state index contributed by atoms with van der Waals surface area (Å²) in [6.45, 7) is 0. The van der Waals surface area contributed by atoms with Crippen molar-refractivity contribution in [3.8, 4) is 22.3 Å². The summed E-state index contributed by atoms with van der Waals surface area (Å²) in [5.74, 6) is 0. The van der Waals surface area contributed by atoms with Gasteiger partial charge in [0.1, 0.15) is 11.2 Å². The van der Waals surface area contributed by atoms with Crippen LogP contribution in [0.5, 0.6) is 0 Å². The zero-order chi connectivity index (χ0) is 37.7. The van der Waals surface area contributed by atoms with Crippen LogP contribution < -0.4 is 4.90 Å². The molecule has 57 heavy (non-hydrogen) atoms. The lowest BCUT2D eigenvalue weighted by Crippen LogP contribution is -2.32. The van der Waals surface area contributed by atoms with E-state index < -0.39 is 5.41 Å². The number of hydrogen-bond donors (Lipinski definition) is 0. The number of anilines is 3. The smallest absolute Gasteiger partial charge is 0.143 e. The van der Waals surface area contributed by atoms with E-state index in [2.05, 4.69) is 187 Å². The maximum Gasteiger partial charge on any atom is 0.143 e. The summed E-state index contributed by atoms with van der Waals surface area (Å²) in [5, 5.41) is 5.34. The van der Waals surface area contributed by atoms with Crippen LogP contribution in [0, 0.1) is 0 Å². The van der Waals surface area contributed by atoms with Crippen LogP contribution in [0.2, 0.25) is 5.02 Å². The first-order valence-electron chi connectivity index (χ1n) is 19.3. The zero-order valence-corrected chi connectivity index (χ0v) is 32.2. The Morgan fingerprint density at radius 3 is 1.98 bits per heavy atom. The molecule has 1 aliphatic heterocycles. The van der Waals surface area contributed by atoms with Gasteiger partial charge in [0, 0.05) is 53.8 Å². The summed E-state index contributed by atoms with van der Waals surface area (Å²) < 4.78 is 6.71. The molecule has 2 nitrogen and oxygen atoms in total. The lowest BCUT2D eigenvalue weighted by molar-refractivity contribution is 0.670. The van der Waals surface area contributed by atoms with Crippen molar-refractivity contribution in [1.82, 2.24) is 0 Å². The molecule has 0 saturated carbocycles. The lowest BCUT2D eigenvalue weighted by Gasteiger charge is -2.40. The Balaban J connectivity index is 1.16. The van der Waals surface area contributed by atoms with E-state index in [1.807, 2.05) is 23.9 Å². The second-order valence-electron chi connectivity index (χ2n) is 14.9. The molecule has 268 valence electrons. The molecule has 2 aliphatic rings. The third-order valence-electron chi connectivity index (χ3n) is 12.0. The molecule has 1 aliphatic carbocycles. The largest absolute Gasteiger partial charge is 0.455 e. The molecule has 2 heterocycles. The molecule has 9 aromatic carbocycles. The summed E-state index contributed by atoms with van der Waals surface area (Å²) in [4.78, 5) is 4.93. The molecule has 0 atom stereocenters. The molecule has 10 aromatic rings. The molecule has 0 radical (unpaired) electrons. The van der Waals surface area contributed by atoms with Gasteiger partial charge in [-0.25, -0.2) is 0 Å². The fourth-order valence-corrected chi connectivity index (χ4v) is 11.0. The minimum atomic E-state index is -0.562. The van der Waals surface area contributed by atoms with Crippen molar-refractivity contribution in [2.24, 2.45) is 0 Å². The Bertz CT molecular complexity index is 3210. The molecule has 0 N–H and O–H groups in total. The standard InChI is InChI=1S/C53H32ClNOS/c54-47-21-12-20-45-51(47)40-28-27-37(32-46(40)53(45)43-18-7-10-23-49(43)57-50-24-11-8-19-44(50)53)55(36-15-2-1-3-16-36)38-30-41(35-26-25-33-13-4-5-14-34(33)29-35)52-42(31-38)39-17-6-9-22-48(39)56-52/h1-32H. The predicted octanol–water partition coefficient (Wildman–Crippen LogP) is 15.4. The molecular formula is C53H32ClNOS. The Labute approximate surface area is 339 Å². The molecule has 0 saturated heterocycles. The Hall–Kier alpha value is -6.52. The van der Waals surface area contributed by atoms with Gasteiger partial charge in [0.2, 0.25) is 0 Å². The fraction of sp³-hybridized carbons (Fsp3) is 0.0189. The number of nitrogens with zero attached hydrogens (tertiary/aromatic N) is 1. The summed E-state index contributed by atoms with van der Waals surface area (Å²) in [7, 11) is 0. The minimum absolute atomic E-state index is 0.562. The average Bonchev–Trinajstić information content (AvgIpc) is 3.78. The Morgan fingerprint density at radius 2 is 1.16 bits per heavy atom. The van der Waals surface area contributed by atoms with E-state index in [-0.39, 0.29) is 0 Å². The Kier molecular flexibility index (Phi) is 7.17. The van der Waals surface area contributed by atoms with Crippen molar-refractivity contribution in [1.29, 1.82) is 0 Å². The monoisotopic (exact) mass is 765 g/mol. The normalized spacial score (nSPS) is 13.4. The zero-order valence-electron chi connectivity index (χ0n) is 30.6. The van der Waals surface area contributed by atoms with Crippen molar-refractivity contribution < 1.29 is 4.42 Å². The lowest BCUT2D eigenvalue weighted by atomic mass is 9.67. The van der Waals surface area contributed by atoms with Gasteiger partial charge in [-0.15, -0.1) is 0 Å². The molecule has 0 bridgehead atoms. The maximum atomic E-state index is 7.23. The van der Waals surface area contributed by atoms with Gasteiger partial charge in [-0.05, 0) is 111 Å². The second-order valence-corrected chi connectivity index (χ2v) is 16.4. The van der Waals surface area contributed by atoms with E-state index in [0.717, 1.165) is 66.3 Å². The highest BCUT2D eigenvalue weighted by Crippen LogP contribution is 2.63. The van der Waals surface area contributed by atoms with E-state index in [1.54, 1.807) is 0 Å². The third kappa shape index (κ3) is 4.74. The number of benzene rings is 9.